The first-order chi connectivity index (χ1) is 16.1. The quantitative estimate of drug-likeness (QED) is 0.255. The average molecular weight is 489 g/mol. The van der Waals surface area contributed by atoms with Crippen LogP contribution in [-0.2, 0) is 11.3 Å². The molecule has 0 aliphatic carbocycles. The van der Waals surface area contributed by atoms with Crippen LogP contribution in [0.1, 0.15) is 11.1 Å². The van der Waals surface area contributed by atoms with Crippen LogP contribution >= 0.6 is 35.6 Å². The normalized spacial score (nSPS) is 14.9. The van der Waals surface area contributed by atoms with Crippen molar-refractivity contribution in [3.63, 3.8) is 0 Å². The molecule has 162 valence electrons. The van der Waals surface area contributed by atoms with Gasteiger partial charge in [-0.15, -0.1) is 0 Å². The van der Waals surface area contributed by atoms with E-state index in [1.165, 1.54) is 11.8 Å². The van der Waals surface area contributed by atoms with E-state index in [2.05, 4.69) is 4.98 Å². The fraction of sp³-hybridized carbons (Fsp3) is 0.0400. The lowest BCUT2D eigenvalue weighted by Gasteiger charge is -2.15. The summed E-state index contributed by atoms with van der Waals surface area (Å²) < 4.78 is 2.32. The monoisotopic (exact) mass is 488 g/mol. The fourth-order valence-corrected chi connectivity index (χ4v) is 4.96. The Balaban J connectivity index is 1.52. The van der Waals surface area contributed by atoms with Crippen molar-refractivity contribution in [1.82, 2.24) is 19.7 Å². The summed E-state index contributed by atoms with van der Waals surface area (Å²) in [6.45, 7) is 0.335. The van der Waals surface area contributed by atoms with Crippen LogP contribution in [0.5, 0.6) is 0 Å². The number of pyridine rings is 1. The van der Waals surface area contributed by atoms with Gasteiger partial charge in [-0.2, -0.15) is 5.10 Å². The molecule has 33 heavy (non-hydrogen) atoms. The second-order valence-corrected chi connectivity index (χ2v) is 9.39. The molecular weight excluding hydrogens is 472 g/mol. The molecule has 0 spiro atoms. The van der Waals surface area contributed by atoms with E-state index < -0.39 is 0 Å². The molecule has 2 aromatic heterocycles. The lowest BCUT2D eigenvalue weighted by atomic mass is 10.1. The van der Waals surface area contributed by atoms with Gasteiger partial charge >= 0.3 is 0 Å². The van der Waals surface area contributed by atoms with E-state index in [1.807, 2.05) is 83.7 Å². The molecule has 8 heteroatoms. The summed E-state index contributed by atoms with van der Waals surface area (Å²) >= 11 is 13.1. The van der Waals surface area contributed by atoms with Crippen molar-refractivity contribution in [2.75, 3.05) is 0 Å². The van der Waals surface area contributed by atoms with E-state index in [9.17, 15) is 4.79 Å². The Hall–Kier alpha value is -3.26. The number of carbonyl (C=O) groups excluding carboxylic acids is 1. The molecule has 2 aromatic carbocycles. The van der Waals surface area contributed by atoms with Crippen molar-refractivity contribution in [2.24, 2.45) is 0 Å². The molecule has 1 amide bonds. The molecule has 1 fully saturated rings. The number of thiocarbonyl (C=S) groups is 1. The van der Waals surface area contributed by atoms with E-state index in [0.29, 0.717) is 20.8 Å². The number of hydrogen-bond acceptors (Lipinski definition) is 5. The van der Waals surface area contributed by atoms with Crippen LogP contribution in [0.25, 0.3) is 23.0 Å². The van der Waals surface area contributed by atoms with Crippen molar-refractivity contribution in [3.8, 4) is 16.9 Å². The Kier molecular flexibility index (Phi) is 6.09. The third-order valence-corrected chi connectivity index (χ3v) is 6.91. The number of amides is 1. The molecule has 0 atom stereocenters. The highest BCUT2D eigenvalue weighted by Crippen LogP contribution is 2.36. The number of halogens is 1. The summed E-state index contributed by atoms with van der Waals surface area (Å²) in [5.74, 6) is -0.141. The summed E-state index contributed by atoms with van der Waals surface area (Å²) in [5, 5.41) is 5.41. The second kappa shape index (κ2) is 9.31. The zero-order valence-electron chi connectivity index (χ0n) is 17.3. The van der Waals surface area contributed by atoms with E-state index in [-0.39, 0.29) is 5.91 Å². The Morgan fingerprint density at radius 2 is 1.73 bits per heavy atom. The van der Waals surface area contributed by atoms with Gasteiger partial charge in [0.2, 0.25) is 0 Å². The highest BCUT2D eigenvalue weighted by Gasteiger charge is 2.32. The number of rotatable bonds is 5. The molecule has 0 saturated carbocycles. The van der Waals surface area contributed by atoms with Gasteiger partial charge in [0.25, 0.3) is 5.91 Å². The van der Waals surface area contributed by atoms with Gasteiger partial charge < -0.3 is 0 Å². The third-order valence-electron chi connectivity index (χ3n) is 5.16. The third kappa shape index (κ3) is 4.48. The highest BCUT2D eigenvalue weighted by molar-refractivity contribution is 8.26. The molecule has 5 nitrogen and oxygen atoms in total. The number of benzene rings is 2. The molecule has 1 aliphatic heterocycles. The Morgan fingerprint density at radius 1 is 1.00 bits per heavy atom. The summed E-state index contributed by atoms with van der Waals surface area (Å²) in [6.07, 6.45) is 7.23. The number of hydrogen-bond donors (Lipinski definition) is 0. The maximum atomic E-state index is 13.2. The first kappa shape index (κ1) is 21.6. The van der Waals surface area contributed by atoms with Crippen molar-refractivity contribution in [3.05, 3.63) is 106 Å². The van der Waals surface area contributed by atoms with E-state index in [1.54, 1.807) is 17.3 Å². The predicted molar refractivity (Wildman–Crippen MR) is 137 cm³/mol. The maximum Gasteiger partial charge on any atom is 0.266 e. The van der Waals surface area contributed by atoms with Crippen LogP contribution < -0.4 is 0 Å². The first-order valence-electron chi connectivity index (χ1n) is 10.1. The minimum atomic E-state index is -0.141. The summed E-state index contributed by atoms with van der Waals surface area (Å²) in [5.41, 5.74) is 4.28. The van der Waals surface area contributed by atoms with E-state index in [4.69, 9.17) is 28.9 Å². The molecule has 0 N–H and O–H groups in total. The van der Waals surface area contributed by atoms with Crippen molar-refractivity contribution in [1.29, 1.82) is 0 Å². The van der Waals surface area contributed by atoms with Gasteiger partial charge in [0.1, 0.15) is 10.0 Å². The predicted octanol–water partition coefficient (Wildman–Crippen LogP) is 5.99. The molecular formula is C25H17ClN4OS2. The molecule has 0 bridgehead atoms. The van der Waals surface area contributed by atoms with Crippen LogP contribution in [-0.4, -0.2) is 29.9 Å². The summed E-state index contributed by atoms with van der Waals surface area (Å²) in [4.78, 5) is 19.5. The smallest absolute Gasteiger partial charge is 0.266 e. The second-order valence-electron chi connectivity index (χ2n) is 7.31. The Labute approximate surface area is 205 Å². The SMILES string of the molecule is O=C1C(=Cc2cn(-c3ccccc3)nc2-c2ccncc2)SC(=S)N1Cc1ccccc1Cl. The average Bonchev–Trinajstić information content (AvgIpc) is 3.38. The van der Waals surface area contributed by atoms with Gasteiger partial charge in [0.15, 0.2) is 0 Å². The zero-order chi connectivity index (χ0) is 22.8. The first-order valence-corrected chi connectivity index (χ1v) is 11.7. The van der Waals surface area contributed by atoms with E-state index in [0.717, 1.165) is 28.1 Å². The molecule has 3 heterocycles. The van der Waals surface area contributed by atoms with Gasteiger partial charge in [0.05, 0.1) is 17.1 Å². The van der Waals surface area contributed by atoms with Crippen molar-refractivity contribution >= 4 is 51.9 Å². The molecule has 0 unspecified atom stereocenters. The number of carbonyl (C=O) groups is 1. The number of nitrogens with zero attached hydrogens (tertiary/aromatic N) is 4. The largest absolute Gasteiger partial charge is 0.288 e. The number of aromatic nitrogens is 3. The van der Waals surface area contributed by atoms with Crippen LogP contribution in [0.3, 0.4) is 0 Å². The Morgan fingerprint density at radius 3 is 2.48 bits per heavy atom. The van der Waals surface area contributed by atoms with Gasteiger partial charge in [-0.25, -0.2) is 4.68 Å². The van der Waals surface area contributed by atoms with Crippen LogP contribution in [0.2, 0.25) is 5.02 Å². The van der Waals surface area contributed by atoms with Gasteiger partial charge in [-0.1, -0.05) is 72.0 Å². The minimum absolute atomic E-state index is 0.141. The van der Waals surface area contributed by atoms with Crippen LogP contribution in [0.15, 0.2) is 90.2 Å². The highest BCUT2D eigenvalue weighted by atomic mass is 35.5. The number of para-hydroxylation sites is 1. The van der Waals surface area contributed by atoms with Crippen LogP contribution in [0, 0.1) is 0 Å². The zero-order valence-corrected chi connectivity index (χ0v) is 19.6. The lowest BCUT2D eigenvalue weighted by molar-refractivity contribution is -0.122. The maximum absolute atomic E-state index is 13.2. The standard InChI is InChI=1S/C25H17ClN4OS2/c26-21-9-5-4-6-18(21)15-29-24(31)22(33-25(29)32)14-19-16-30(20-7-2-1-3-8-20)28-23(19)17-10-12-27-13-11-17/h1-14,16H,15H2. The van der Waals surface area contributed by atoms with Crippen molar-refractivity contribution in [2.45, 2.75) is 6.54 Å². The lowest BCUT2D eigenvalue weighted by Crippen LogP contribution is -2.27. The van der Waals surface area contributed by atoms with E-state index >= 15 is 0 Å². The van der Waals surface area contributed by atoms with Crippen molar-refractivity contribution < 1.29 is 4.79 Å². The molecule has 1 saturated heterocycles. The summed E-state index contributed by atoms with van der Waals surface area (Å²) in [6, 6.07) is 21.1. The van der Waals surface area contributed by atoms with Gasteiger partial charge in [-0.05, 0) is 42.0 Å². The minimum Gasteiger partial charge on any atom is -0.288 e. The van der Waals surface area contributed by atoms with Crippen LogP contribution in [0.4, 0.5) is 0 Å². The molecule has 1 aliphatic rings. The Bertz CT molecular complexity index is 1370. The molecule has 0 radical (unpaired) electrons. The molecule has 5 rings (SSSR count). The number of thioether (sulfide) groups is 1. The van der Waals surface area contributed by atoms with Gasteiger partial charge in [0, 0.05) is 34.7 Å². The summed E-state index contributed by atoms with van der Waals surface area (Å²) in [7, 11) is 0. The topological polar surface area (TPSA) is 51.0 Å². The fourth-order valence-electron chi connectivity index (χ4n) is 3.51. The van der Waals surface area contributed by atoms with Gasteiger partial charge in [-0.3, -0.25) is 14.7 Å². The molecule has 4 aromatic rings.